The van der Waals surface area contributed by atoms with Gasteiger partial charge in [-0.1, -0.05) is 67.1 Å². The number of carbonyl (C=O) groups is 4. The molecule has 0 unspecified atom stereocenters. The second-order valence-electron chi connectivity index (χ2n) is 12.2. The number of rotatable bonds is 8. The van der Waals surface area contributed by atoms with Gasteiger partial charge in [0.15, 0.2) is 9.84 Å². The minimum atomic E-state index is -3.70. The van der Waals surface area contributed by atoms with Crippen LogP contribution in [0.3, 0.4) is 0 Å². The molecule has 49 heavy (non-hydrogen) atoms. The highest BCUT2D eigenvalue weighted by molar-refractivity contribution is 7.90. The van der Waals surface area contributed by atoms with Crippen molar-refractivity contribution in [2.24, 2.45) is 11.7 Å². The Morgan fingerprint density at radius 2 is 1.41 bits per heavy atom. The van der Waals surface area contributed by atoms with Crippen molar-refractivity contribution in [2.45, 2.75) is 56.9 Å². The molecule has 3 aromatic carbocycles. The average molecular weight is 689 g/mol. The van der Waals surface area contributed by atoms with Gasteiger partial charge in [-0.15, -0.1) is 0 Å². The van der Waals surface area contributed by atoms with Crippen LogP contribution >= 0.6 is 0 Å². The molecule has 2 bridgehead atoms. The van der Waals surface area contributed by atoms with E-state index in [0.717, 1.165) is 5.56 Å². The quantitative estimate of drug-likeness (QED) is 0.154. The zero-order valence-electron chi connectivity index (χ0n) is 27.4. The molecule has 2 atom stereocenters. The minimum Gasteiger partial charge on any atom is -0.384 e. The largest absolute Gasteiger partial charge is 0.384 e. The Bertz CT molecular complexity index is 1730. The molecule has 260 valence electrons. The standard InChI is InChI=1S/C36H44N6O6S/c37-32(38)27-17-15-25(16-18-27)22-41-36(46)31-14-5-7-20-40-34(44)29-13-8-12-28(21-29)33(43)39-19-6-4-11-30(35(45)42-31)24-49(47,48)23-26-9-2-1-3-10-26/h1-3,8-10,12-13,15-18,21,30-31H,4-7,11,14,19-20,22-24H2,(H3,37,38)(H,39,43)(H,40,44)(H,41,46)(H,42,45)/t30-,31-/m0/s1. The van der Waals surface area contributed by atoms with Gasteiger partial charge < -0.3 is 27.0 Å². The maximum Gasteiger partial charge on any atom is 0.251 e. The monoisotopic (exact) mass is 688 g/mol. The summed E-state index contributed by atoms with van der Waals surface area (Å²) in [6.07, 6.45) is 2.42. The second-order valence-corrected chi connectivity index (χ2v) is 14.3. The summed E-state index contributed by atoms with van der Waals surface area (Å²) in [4.78, 5) is 52.7. The number of nitrogen functional groups attached to an aromatic ring is 1. The molecule has 0 aliphatic carbocycles. The van der Waals surface area contributed by atoms with Crippen molar-refractivity contribution in [1.82, 2.24) is 21.3 Å². The van der Waals surface area contributed by atoms with Crippen LogP contribution in [0.2, 0.25) is 0 Å². The lowest BCUT2D eigenvalue weighted by Crippen LogP contribution is -2.49. The van der Waals surface area contributed by atoms with Crippen LogP contribution in [-0.4, -0.2) is 62.8 Å². The van der Waals surface area contributed by atoms with Crippen LogP contribution in [0, 0.1) is 11.3 Å². The first-order valence-corrected chi connectivity index (χ1v) is 18.2. The fraction of sp³-hybridized carbons (Fsp3) is 0.361. The predicted octanol–water partition coefficient (Wildman–Crippen LogP) is 2.82. The van der Waals surface area contributed by atoms with Crippen LogP contribution in [0.25, 0.3) is 0 Å². The molecule has 0 saturated heterocycles. The highest BCUT2D eigenvalue weighted by atomic mass is 32.2. The highest BCUT2D eigenvalue weighted by Crippen LogP contribution is 2.17. The van der Waals surface area contributed by atoms with E-state index in [1.54, 1.807) is 72.8 Å². The van der Waals surface area contributed by atoms with Crippen LogP contribution in [0.5, 0.6) is 0 Å². The number of benzene rings is 3. The van der Waals surface area contributed by atoms with E-state index >= 15 is 0 Å². The van der Waals surface area contributed by atoms with Gasteiger partial charge in [0.2, 0.25) is 11.8 Å². The molecule has 1 aliphatic rings. The van der Waals surface area contributed by atoms with Gasteiger partial charge in [0, 0.05) is 36.3 Å². The van der Waals surface area contributed by atoms with E-state index in [2.05, 4.69) is 21.3 Å². The first-order valence-electron chi connectivity index (χ1n) is 16.4. The van der Waals surface area contributed by atoms with E-state index in [9.17, 15) is 27.6 Å². The van der Waals surface area contributed by atoms with Crippen molar-refractivity contribution in [1.29, 1.82) is 5.41 Å². The summed E-state index contributed by atoms with van der Waals surface area (Å²) in [5, 5.41) is 18.9. The summed E-state index contributed by atoms with van der Waals surface area (Å²) in [6, 6.07) is 21.1. The molecule has 0 radical (unpaired) electrons. The van der Waals surface area contributed by atoms with Gasteiger partial charge >= 0.3 is 0 Å². The molecule has 12 nitrogen and oxygen atoms in total. The van der Waals surface area contributed by atoms with E-state index in [-0.39, 0.29) is 42.8 Å². The summed E-state index contributed by atoms with van der Waals surface area (Å²) in [6.45, 7) is 0.762. The van der Waals surface area contributed by atoms with Gasteiger partial charge in [0.05, 0.1) is 17.4 Å². The normalized spacial score (nSPS) is 18.4. The third-order valence-electron chi connectivity index (χ3n) is 8.28. The van der Waals surface area contributed by atoms with Crippen LogP contribution in [-0.2, 0) is 31.7 Å². The lowest BCUT2D eigenvalue weighted by Gasteiger charge is -2.23. The zero-order chi connectivity index (χ0) is 35.2. The van der Waals surface area contributed by atoms with Gasteiger partial charge in [-0.05, 0) is 61.4 Å². The fourth-order valence-corrected chi connectivity index (χ4v) is 7.30. The first kappa shape index (κ1) is 36.8. The van der Waals surface area contributed by atoms with Crippen molar-refractivity contribution in [2.75, 3.05) is 18.8 Å². The molecule has 7 N–H and O–H groups in total. The van der Waals surface area contributed by atoms with Crippen LogP contribution in [0.15, 0.2) is 78.9 Å². The summed E-state index contributed by atoms with van der Waals surface area (Å²) < 4.78 is 26.6. The Morgan fingerprint density at radius 3 is 2.02 bits per heavy atom. The highest BCUT2D eigenvalue weighted by Gasteiger charge is 2.29. The van der Waals surface area contributed by atoms with Crippen molar-refractivity contribution < 1.29 is 27.6 Å². The Hall–Kier alpha value is -5.04. The van der Waals surface area contributed by atoms with Crippen molar-refractivity contribution in [3.63, 3.8) is 0 Å². The number of carbonyl (C=O) groups excluding carboxylic acids is 4. The molecular formula is C36H44N6O6S. The molecule has 4 amide bonds. The molecule has 13 heteroatoms. The molecule has 0 fully saturated rings. The third-order valence-corrected chi connectivity index (χ3v) is 9.96. The van der Waals surface area contributed by atoms with Crippen molar-refractivity contribution in [3.8, 4) is 0 Å². The van der Waals surface area contributed by atoms with E-state index in [4.69, 9.17) is 11.1 Å². The smallest absolute Gasteiger partial charge is 0.251 e. The summed E-state index contributed by atoms with van der Waals surface area (Å²) in [5.74, 6) is -3.22. The number of amidine groups is 1. The van der Waals surface area contributed by atoms with Crippen LogP contribution < -0.4 is 27.0 Å². The SMILES string of the molecule is N=C(N)c1ccc(CNC(=O)[C@@H]2CCCCNC(=O)c3cccc(c3)C(=O)NCCCC[C@@H](CS(=O)(=O)Cc3ccccc3)C(=O)N2)cc1. The van der Waals surface area contributed by atoms with Crippen molar-refractivity contribution >= 4 is 39.3 Å². The number of amides is 4. The fourth-order valence-electron chi connectivity index (χ4n) is 5.56. The maximum atomic E-state index is 13.8. The molecule has 0 spiro atoms. The number of nitrogens with two attached hydrogens (primary N) is 1. The van der Waals surface area contributed by atoms with E-state index in [0.29, 0.717) is 61.0 Å². The average Bonchev–Trinajstić information content (AvgIpc) is 3.09. The number of nitrogens with one attached hydrogen (secondary N) is 5. The van der Waals surface area contributed by atoms with Crippen molar-refractivity contribution in [3.05, 3.63) is 107 Å². The second kappa shape index (κ2) is 17.9. The molecule has 3 aromatic rings. The molecule has 1 heterocycles. The Morgan fingerprint density at radius 1 is 0.796 bits per heavy atom. The van der Waals surface area contributed by atoms with Gasteiger partial charge in [-0.3, -0.25) is 24.6 Å². The summed E-state index contributed by atoms with van der Waals surface area (Å²) in [5.41, 5.74) is 8.17. The summed E-state index contributed by atoms with van der Waals surface area (Å²) in [7, 11) is -3.70. The molecule has 1 aliphatic heterocycles. The Kier molecular flexibility index (Phi) is 13.5. The van der Waals surface area contributed by atoms with Crippen LogP contribution in [0.1, 0.15) is 75.9 Å². The lowest BCUT2D eigenvalue weighted by atomic mass is 10.0. The van der Waals surface area contributed by atoms with E-state index in [1.807, 2.05) is 0 Å². The summed E-state index contributed by atoms with van der Waals surface area (Å²) >= 11 is 0. The van der Waals surface area contributed by atoms with Gasteiger partial charge in [-0.2, -0.15) is 0 Å². The molecular weight excluding hydrogens is 644 g/mol. The van der Waals surface area contributed by atoms with Gasteiger partial charge in [0.25, 0.3) is 11.8 Å². The number of hydrogen-bond acceptors (Lipinski definition) is 7. The molecule has 4 rings (SSSR count). The Balaban J connectivity index is 1.51. The van der Waals surface area contributed by atoms with Gasteiger partial charge in [-0.25, -0.2) is 8.42 Å². The topological polar surface area (TPSA) is 200 Å². The van der Waals surface area contributed by atoms with Crippen LogP contribution in [0.4, 0.5) is 0 Å². The number of fused-ring (bicyclic) bond motifs is 2. The maximum absolute atomic E-state index is 13.8. The Labute approximate surface area is 287 Å². The zero-order valence-corrected chi connectivity index (χ0v) is 28.2. The number of hydrogen-bond donors (Lipinski definition) is 6. The first-order chi connectivity index (χ1) is 23.5. The van der Waals surface area contributed by atoms with E-state index in [1.165, 1.54) is 6.07 Å². The minimum absolute atomic E-state index is 0.0686. The van der Waals surface area contributed by atoms with E-state index < -0.39 is 39.4 Å². The number of sulfone groups is 1. The molecule has 0 saturated carbocycles. The lowest BCUT2D eigenvalue weighted by molar-refractivity contribution is -0.131. The predicted molar refractivity (Wildman–Crippen MR) is 187 cm³/mol. The molecule has 0 aromatic heterocycles. The van der Waals surface area contributed by atoms with Gasteiger partial charge in [0.1, 0.15) is 11.9 Å². The third kappa shape index (κ3) is 11.9.